The Labute approximate surface area is 163 Å². The van der Waals surface area contributed by atoms with Crippen LogP contribution >= 0.6 is 0 Å². The summed E-state index contributed by atoms with van der Waals surface area (Å²) in [5, 5.41) is 11.7. The minimum Gasteiger partial charge on any atom is -0.493 e. The molecule has 11 heteroatoms. The summed E-state index contributed by atoms with van der Waals surface area (Å²) in [6.45, 7) is 2.11. The number of rotatable bonds is 8. The minimum absolute atomic E-state index is 0.00117. The highest BCUT2D eigenvalue weighted by atomic mass is 32.2. The maximum absolute atomic E-state index is 13.3. The van der Waals surface area contributed by atoms with Gasteiger partial charge in [0.1, 0.15) is 5.56 Å². The van der Waals surface area contributed by atoms with Crippen LogP contribution in [-0.4, -0.2) is 69.6 Å². The van der Waals surface area contributed by atoms with E-state index in [1.807, 2.05) is 6.92 Å². The maximum Gasteiger partial charge on any atom is 0.327 e. The molecule has 1 aromatic rings. The predicted octanol–water partition coefficient (Wildman–Crippen LogP) is 1.66. The number of ether oxygens (including phenoxy) is 3. The van der Waals surface area contributed by atoms with Crippen molar-refractivity contribution >= 4 is 21.4 Å². The molecule has 1 aromatic carbocycles. The quantitative estimate of drug-likeness (QED) is 0.463. The van der Waals surface area contributed by atoms with Crippen LogP contribution < -0.4 is 14.2 Å². The van der Waals surface area contributed by atoms with Gasteiger partial charge in [-0.1, -0.05) is 6.92 Å². The first-order valence-electron chi connectivity index (χ1n) is 8.69. The van der Waals surface area contributed by atoms with E-state index in [0.717, 1.165) is 0 Å². The number of nitro benzene ring substituents is 1. The number of nitro groups is 1. The third-order valence-corrected chi connectivity index (χ3v) is 6.34. The molecule has 1 amide bonds. The van der Waals surface area contributed by atoms with Gasteiger partial charge < -0.3 is 19.1 Å². The zero-order chi connectivity index (χ0) is 21.1. The van der Waals surface area contributed by atoms with Crippen molar-refractivity contribution in [1.82, 2.24) is 4.90 Å². The molecule has 2 rings (SSSR count). The molecule has 156 valence electrons. The third-order valence-electron chi connectivity index (χ3n) is 4.59. The molecule has 0 aromatic heterocycles. The highest BCUT2D eigenvalue weighted by Crippen LogP contribution is 2.46. The first kappa shape index (κ1) is 21.7. The standard InChI is InChI=1S/C17H24N2O8S/c1-5-7-18(11-6-8-28(23,24)10-11)17(20)12-9-13(25-2)15(26-3)16(27-4)14(12)19(21)22/h9,11H,5-8,10H2,1-4H3. The molecule has 1 atom stereocenters. The smallest absolute Gasteiger partial charge is 0.327 e. The number of methoxy groups -OCH3 is 3. The molecule has 0 spiro atoms. The number of hydrogen-bond donors (Lipinski definition) is 0. The topological polar surface area (TPSA) is 125 Å². The summed E-state index contributed by atoms with van der Waals surface area (Å²) in [6.07, 6.45) is 0.868. The molecule has 0 saturated carbocycles. The maximum atomic E-state index is 13.3. The van der Waals surface area contributed by atoms with Gasteiger partial charge in [0.2, 0.25) is 11.5 Å². The third kappa shape index (κ3) is 4.13. The second-order valence-electron chi connectivity index (χ2n) is 6.35. The van der Waals surface area contributed by atoms with Gasteiger partial charge in [-0.25, -0.2) is 8.42 Å². The van der Waals surface area contributed by atoms with Gasteiger partial charge in [-0.05, 0) is 12.8 Å². The van der Waals surface area contributed by atoms with Gasteiger partial charge in [0.05, 0.1) is 37.8 Å². The molecule has 1 aliphatic heterocycles. The lowest BCUT2D eigenvalue weighted by Gasteiger charge is -2.28. The van der Waals surface area contributed by atoms with Crippen molar-refractivity contribution in [2.45, 2.75) is 25.8 Å². The van der Waals surface area contributed by atoms with Crippen LogP contribution in [0.25, 0.3) is 0 Å². The zero-order valence-corrected chi connectivity index (χ0v) is 17.1. The Morgan fingerprint density at radius 1 is 1.25 bits per heavy atom. The minimum atomic E-state index is -3.23. The number of benzene rings is 1. The van der Waals surface area contributed by atoms with E-state index in [1.54, 1.807) is 0 Å². The summed E-state index contributed by atoms with van der Waals surface area (Å²) in [7, 11) is 0.636. The normalized spacial score (nSPS) is 17.8. The average Bonchev–Trinajstić information content (AvgIpc) is 3.02. The molecule has 1 heterocycles. The largest absolute Gasteiger partial charge is 0.493 e. The van der Waals surface area contributed by atoms with E-state index in [1.165, 1.54) is 32.3 Å². The second kappa shape index (κ2) is 8.63. The van der Waals surface area contributed by atoms with E-state index in [2.05, 4.69) is 0 Å². The average molecular weight is 416 g/mol. The fourth-order valence-corrected chi connectivity index (χ4v) is 5.08. The van der Waals surface area contributed by atoms with Crippen molar-refractivity contribution in [3.8, 4) is 17.2 Å². The van der Waals surface area contributed by atoms with Crippen LogP contribution in [0.4, 0.5) is 5.69 Å². The molecule has 1 fully saturated rings. The van der Waals surface area contributed by atoms with Crippen molar-refractivity contribution in [3.63, 3.8) is 0 Å². The first-order valence-corrected chi connectivity index (χ1v) is 10.5. The highest BCUT2D eigenvalue weighted by Gasteiger charge is 2.39. The van der Waals surface area contributed by atoms with Gasteiger partial charge in [0, 0.05) is 18.7 Å². The van der Waals surface area contributed by atoms with Gasteiger partial charge in [0.15, 0.2) is 15.6 Å². The van der Waals surface area contributed by atoms with Crippen molar-refractivity contribution in [1.29, 1.82) is 0 Å². The van der Waals surface area contributed by atoms with E-state index in [9.17, 15) is 23.3 Å². The summed E-state index contributed by atoms with van der Waals surface area (Å²) in [5.74, 6) is -0.942. The van der Waals surface area contributed by atoms with Crippen LogP contribution in [-0.2, 0) is 9.84 Å². The second-order valence-corrected chi connectivity index (χ2v) is 8.58. The van der Waals surface area contributed by atoms with Crippen LogP contribution in [0.5, 0.6) is 17.2 Å². The fourth-order valence-electron chi connectivity index (χ4n) is 3.35. The van der Waals surface area contributed by atoms with Crippen LogP contribution in [0.3, 0.4) is 0 Å². The summed E-state index contributed by atoms with van der Waals surface area (Å²) in [5.41, 5.74) is -0.788. The molecular weight excluding hydrogens is 392 g/mol. The van der Waals surface area contributed by atoms with E-state index < -0.39 is 32.4 Å². The number of amides is 1. The molecule has 0 N–H and O–H groups in total. The SMILES string of the molecule is CCCN(C(=O)c1cc(OC)c(OC)c(OC)c1[N+](=O)[O-])C1CCS(=O)(=O)C1. The number of carbonyl (C=O) groups excluding carboxylic acids is 1. The Hall–Kier alpha value is -2.56. The molecule has 0 bridgehead atoms. The van der Waals surface area contributed by atoms with Crippen molar-refractivity contribution in [3.05, 3.63) is 21.7 Å². The molecule has 1 saturated heterocycles. The Kier molecular flexibility index (Phi) is 6.70. The summed E-state index contributed by atoms with van der Waals surface area (Å²) >= 11 is 0. The van der Waals surface area contributed by atoms with Crippen molar-refractivity contribution in [2.75, 3.05) is 39.4 Å². The summed E-state index contributed by atoms with van der Waals surface area (Å²) in [4.78, 5) is 25.7. The van der Waals surface area contributed by atoms with Gasteiger partial charge in [0.25, 0.3) is 5.91 Å². The van der Waals surface area contributed by atoms with Crippen LogP contribution in [0.15, 0.2) is 6.07 Å². The number of sulfone groups is 1. The Balaban J connectivity index is 2.62. The van der Waals surface area contributed by atoms with Gasteiger partial charge in [-0.15, -0.1) is 0 Å². The summed E-state index contributed by atoms with van der Waals surface area (Å²) in [6, 6.07) is 0.699. The molecule has 10 nitrogen and oxygen atoms in total. The van der Waals surface area contributed by atoms with Crippen LogP contribution in [0.2, 0.25) is 0 Å². The monoisotopic (exact) mass is 416 g/mol. The molecule has 0 aliphatic carbocycles. The van der Waals surface area contributed by atoms with E-state index in [4.69, 9.17) is 14.2 Å². The molecular formula is C17H24N2O8S. The number of nitrogens with zero attached hydrogens (tertiary/aromatic N) is 2. The Morgan fingerprint density at radius 3 is 2.32 bits per heavy atom. The Morgan fingerprint density at radius 2 is 1.89 bits per heavy atom. The lowest BCUT2D eigenvalue weighted by Crippen LogP contribution is -2.41. The van der Waals surface area contributed by atoms with Crippen molar-refractivity contribution in [2.24, 2.45) is 0 Å². The van der Waals surface area contributed by atoms with Gasteiger partial charge in [-0.3, -0.25) is 14.9 Å². The fraction of sp³-hybridized carbons (Fsp3) is 0.588. The molecule has 0 radical (unpaired) electrons. The van der Waals surface area contributed by atoms with E-state index in [0.29, 0.717) is 12.8 Å². The lowest BCUT2D eigenvalue weighted by molar-refractivity contribution is -0.386. The molecule has 28 heavy (non-hydrogen) atoms. The Bertz CT molecular complexity index is 868. The van der Waals surface area contributed by atoms with Crippen LogP contribution in [0.1, 0.15) is 30.1 Å². The number of hydrogen-bond acceptors (Lipinski definition) is 8. The summed E-state index contributed by atoms with van der Waals surface area (Å²) < 4.78 is 39.2. The van der Waals surface area contributed by atoms with E-state index >= 15 is 0 Å². The predicted molar refractivity (Wildman–Crippen MR) is 101 cm³/mol. The van der Waals surface area contributed by atoms with Gasteiger partial charge >= 0.3 is 5.69 Å². The van der Waals surface area contributed by atoms with Gasteiger partial charge in [-0.2, -0.15) is 0 Å². The lowest BCUT2D eigenvalue weighted by atomic mass is 10.1. The zero-order valence-electron chi connectivity index (χ0n) is 16.3. The van der Waals surface area contributed by atoms with E-state index in [-0.39, 0.29) is 40.9 Å². The number of carbonyl (C=O) groups is 1. The van der Waals surface area contributed by atoms with Crippen molar-refractivity contribution < 1.29 is 32.3 Å². The highest BCUT2D eigenvalue weighted by molar-refractivity contribution is 7.91. The first-order chi connectivity index (χ1) is 13.2. The van der Waals surface area contributed by atoms with Crippen LogP contribution in [0, 0.1) is 10.1 Å². The molecule has 1 aliphatic rings. The molecule has 1 unspecified atom stereocenters.